The molecule has 1 fully saturated rings. The number of sulfonamides is 1. The molecular formula is C19H23N3O4S. The molecule has 0 unspecified atom stereocenters. The van der Waals surface area contributed by atoms with Crippen molar-refractivity contribution >= 4 is 21.4 Å². The minimum absolute atomic E-state index is 0.145. The predicted octanol–water partition coefficient (Wildman–Crippen LogP) is 1.90. The largest absolute Gasteiger partial charge is 0.398 e. The van der Waals surface area contributed by atoms with E-state index >= 15 is 0 Å². The van der Waals surface area contributed by atoms with Crippen LogP contribution in [0.3, 0.4) is 0 Å². The molecule has 2 aromatic rings. The van der Waals surface area contributed by atoms with Crippen molar-refractivity contribution in [1.82, 2.24) is 4.31 Å². The number of nitrogens with zero attached hydrogens (tertiary/aromatic N) is 1. The summed E-state index contributed by atoms with van der Waals surface area (Å²) < 4.78 is 38.3. The molecule has 2 aromatic carbocycles. The van der Waals surface area contributed by atoms with Crippen LogP contribution in [0, 0.1) is 0 Å². The molecule has 7 nitrogen and oxygen atoms in total. The van der Waals surface area contributed by atoms with Gasteiger partial charge in [0.15, 0.2) is 0 Å². The first-order chi connectivity index (χ1) is 13.1. The van der Waals surface area contributed by atoms with E-state index < -0.39 is 10.0 Å². The summed E-state index contributed by atoms with van der Waals surface area (Å²) in [6.07, 6.45) is 0. The maximum atomic E-state index is 13.0. The molecule has 0 saturated carbocycles. The number of fused-ring (bicyclic) bond motifs is 1. The molecule has 4 rings (SSSR count). The van der Waals surface area contributed by atoms with E-state index in [1.54, 1.807) is 12.1 Å². The lowest BCUT2D eigenvalue weighted by molar-refractivity contribution is 0.0730. The standard InChI is InChI=1S/C19H23N3O4S/c20-17-3-1-15(12-19(17)27(23,24)22-6-9-25-10-7-22)14-2-4-18-16(11-14)13-26-8-5-21-18/h1-4,11-12,21H,5-10,13,20H2. The van der Waals surface area contributed by atoms with Crippen LogP contribution in [0.15, 0.2) is 41.3 Å². The van der Waals surface area contributed by atoms with E-state index in [0.29, 0.717) is 39.5 Å². The molecule has 0 amide bonds. The molecule has 27 heavy (non-hydrogen) atoms. The Morgan fingerprint density at radius 2 is 1.70 bits per heavy atom. The topological polar surface area (TPSA) is 93.9 Å². The van der Waals surface area contributed by atoms with Gasteiger partial charge in [-0.05, 0) is 35.4 Å². The summed E-state index contributed by atoms with van der Waals surface area (Å²) in [5.74, 6) is 0. The zero-order valence-corrected chi connectivity index (χ0v) is 15.8. The second-order valence-corrected chi connectivity index (χ2v) is 8.53. The average Bonchev–Trinajstić information content (AvgIpc) is 2.93. The van der Waals surface area contributed by atoms with Crippen LogP contribution >= 0.6 is 0 Å². The second-order valence-electron chi connectivity index (χ2n) is 6.62. The minimum atomic E-state index is -3.66. The third-order valence-corrected chi connectivity index (χ3v) is 6.81. The molecule has 0 aliphatic carbocycles. The van der Waals surface area contributed by atoms with Gasteiger partial charge in [0.2, 0.25) is 10.0 Å². The lowest BCUT2D eigenvalue weighted by Gasteiger charge is -2.26. The fourth-order valence-electron chi connectivity index (χ4n) is 3.37. The molecule has 1 saturated heterocycles. The number of morpholine rings is 1. The number of anilines is 2. The van der Waals surface area contributed by atoms with Crippen LogP contribution in [-0.4, -0.2) is 52.2 Å². The smallest absolute Gasteiger partial charge is 0.245 e. The van der Waals surface area contributed by atoms with E-state index in [1.165, 1.54) is 4.31 Å². The quantitative estimate of drug-likeness (QED) is 0.779. The van der Waals surface area contributed by atoms with Gasteiger partial charge < -0.3 is 20.5 Å². The second kappa shape index (κ2) is 7.47. The van der Waals surface area contributed by atoms with Crippen molar-refractivity contribution < 1.29 is 17.9 Å². The summed E-state index contributed by atoms with van der Waals surface area (Å²) in [5.41, 5.74) is 10.1. The highest BCUT2D eigenvalue weighted by molar-refractivity contribution is 7.89. The Labute approximate surface area is 159 Å². The van der Waals surface area contributed by atoms with Crippen molar-refractivity contribution in [2.45, 2.75) is 11.5 Å². The van der Waals surface area contributed by atoms with Crippen LogP contribution < -0.4 is 11.1 Å². The van der Waals surface area contributed by atoms with Gasteiger partial charge in [0.25, 0.3) is 0 Å². The zero-order chi connectivity index (χ0) is 18.9. The van der Waals surface area contributed by atoms with Gasteiger partial charge in [-0.1, -0.05) is 12.1 Å². The lowest BCUT2D eigenvalue weighted by Crippen LogP contribution is -2.40. The molecule has 2 aliphatic heterocycles. The monoisotopic (exact) mass is 389 g/mol. The summed E-state index contributed by atoms with van der Waals surface area (Å²) in [4.78, 5) is 0.145. The molecule has 0 spiro atoms. The minimum Gasteiger partial charge on any atom is -0.398 e. The summed E-state index contributed by atoms with van der Waals surface area (Å²) >= 11 is 0. The van der Waals surface area contributed by atoms with E-state index in [0.717, 1.165) is 28.9 Å². The van der Waals surface area contributed by atoms with Crippen LogP contribution in [0.25, 0.3) is 11.1 Å². The van der Waals surface area contributed by atoms with Gasteiger partial charge >= 0.3 is 0 Å². The Kier molecular flexibility index (Phi) is 5.05. The average molecular weight is 389 g/mol. The first kappa shape index (κ1) is 18.2. The van der Waals surface area contributed by atoms with Crippen LogP contribution in [0.5, 0.6) is 0 Å². The van der Waals surface area contributed by atoms with Crippen LogP contribution in [0.2, 0.25) is 0 Å². The lowest BCUT2D eigenvalue weighted by atomic mass is 10.0. The summed E-state index contributed by atoms with van der Waals surface area (Å²) in [6.45, 7) is 3.45. The molecule has 144 valence electrons. The Morgan fingerprint density at radius 1 is 0.963 bits per heavy atom. The van der Waals surface area contributed by atoms with Gasteiger partial charge in [-0.2, -0.15) is 4.31 Å². The Balaban J connectivity index is 1.71. The summed E-state index contributed by atoms with van der Waals surface area (Å²) in [6, 6.07) is 11.2. The Bertz CT molecular complexity index is 940. The molecule has 2 heterocycles. The van der Waals surface area contributed by atoms with Crippen molar-refractivity contribution in [3.63, 3.8) is 0 Å². The van der Waals surface area contributed by atoms with E-state index in [2.05, 4.69) is 5.32 Å². The molecule has 2 aliphatic rings. The molecule has 0 radical (unpaired) electrons. The van der Waals surface area contributed by atoms with Gasteiger partial charge in [0, 0.05) is 30.9 Å². The van der Waals surface area contributed by atoms with E-state index in [9.17, 15) is 8.42 Å². The summed E-state index contributed by atoms with van der Waals surface area (Å²) in [7, 11) is -3.66. The highest BCUT2D eigenvalue weighted by Crippen LogP contribution is 2.31. The molecule has 0 aromatic heterocycles. The molecule has 0 bridgehead atoms. The molecular weight excluding hydrogens is 366 g/mol. The number of rotatable bonds is 3. The number of nitrogen functional groups attached to an aromatic ring is 1. The first-order valence-electron chi connectivity index (χ1n) is 8.98. The SMILES string of the molecule is Nc1ccc(-c2ccc3c(c2)COCCN3)cc1S(=O)(=O)N1CCOCC1. The Morgan fingerprint density at radius 3 is 2.52 bits per heavy atom. The van der Waals surface area contributed by atoms with Gasteiger partial charge in [-0.3, -0.25) is 0 Å². The highest BCUT2D eigenvalue weighted by atomic mass is 32.2. The number of ether oxygens (including phenoxy) is 2. The van der Waals surface area contributed by atoms with Crippen molar-refractivity contribution in [2.24, 2.45) is 0 Å². The highest BCUT2D eigenvalue weighted by Gasteiger charge is 2.28. The van der Waals surface area contributed by atoms with Gasteiger partial charge in [0.1, 0.15) is 4.90 Å². The van der Waals surface area contributed by atoms with E-state index in [-0.39, 0.29) is 10.6 Å². The third kappa shape index (κ3) is 3.66. The first-order valence-corrected chi connectivity index (χ1v) is 10.4. The number of nitrogens with two attached hydrogens (primary N) is 1. The molecule has 0 atom stereocenters. The van der Waals surface area contributed by atoms with Crippen LogP contribution in [0.4, 0.5) is 11.4 Å². The van der Waals surface area contributed by atoms with Crippen molar-refractivity contribution in [3.8, 4) is 11.1 Å². The van der Waals surface area contributed by atoms with Crippen molar-refractivity contribution in [2.75, 3.05) is 50.5 Å². The fourth-order valence-corrected chi connectivity index (χ4v) is 4.92. The molecule has 8 heteroatoms. The van der Waals surface area contributed by atoms with E-state index in [4.69, 9.17) is 15.2 Å². The van der Waals surface area contributed by atoms with Crippen LogP contribution in [-0.2, 0) is 26.1 Å². The van der Waals surface area contributed by atoms with Gasteiger partial charge in [-0.25, -0.2) is 8.42 Å². The van der Waals surface area contributed by atoms with E-state index in [1.807, 2.05) is 24.3 Å². The maximum absolute atomic E-state index is 13.0. The normalized spacial score (nSPS) is 18.4. The van der Waals surface area contributed by atoms with Crippen molar-refractivity contribution in [1.29, 1.82) is 0 Å². The number of hydrogen-bond donors (Lipinski definition) is 2. The fraction of sp³-hybridized carbons (Fsp3) is 0.368. The number of benzene rings is 2. The Hall–Kier alpha value is -2.13. The maximum Gasteiger partial charge on any atom is 0.245 e. The molecule has 3 N–H and O–H groups in total. The number of nitrogens with one attached hydrogen (secondary N) is 1. The van der Waals surface area contributed by atoms with Gasteiger partial charge in [-0.15, -0.1) is 0 Å². The van der Waals surface area contributed by atoms with Crippen molar-refractivity contribution in [3.05, 3.63) is 42.0 Å². The van der Waals surface area contributed by atoms with Gasteiger partial charge in [0.05, 0.1) is 32.1 Å². The zero-order valence-electron chi connectivity index (χ0n) is 15.0. The predicted molar refractivity (Wildman–Crippen MR) is 104 cm³/mol. The van der Waals surface area contributed by atoms with Crippen LogP contribution in [0.1, 0.15) is 5.56 Å². The number of hydrogen-bond acceptors (Lipinski definition) is 6. The summed E-state index contributed by atoms with van der Waals surface area (Å²) in [5, 5.41) is 3.33. The third-order valence-electron chi connectivity index (χ3n) is 4.86.